The normalized spacial score (nSPS) is 19.8. The topological polar surface area (TPSA) is 61.9 Å². The third kappa shape index (κ3) is 2.30. The summed E-state index contributed by atoms with van der Waals surface area (Å²) in [5.41, 5.74) is 4.19. The van der Waals surface area contributed by atoms with Gasteiger partial charge in [-0.15, -0.1) is 0 Å². The molecule has 122 valence electrons. The predicted octanol–water partition coefficient (Wildman–Crippen LogP) is 1.74. The third-order valence-corrected chi connectivity index (χ3v) is 5.42. The highest BCUT2D eigenvalue weighted by Crippen LogP contribution is 2.36. The van der Waals surface area contributed by atoms with Crippen LogP contribution in [0.1, 0.15) is 31.0 Å². The van der Waals surface area contributed by atoms with Crippen molar-refractivity contribution in [3.05, 3.63) is 35.5 Å². The number of hydrogen-bond donors (Lipinski definition) is 2. The molecule has 3 N–H and O–H groups in total. The summed E-state index contributed by atoms with van der Waals surface area (Å²) in [5, 5.41) is 3.84. The summed E-state index contributed by atoms with van der Waals surface area (Å²) in [4.78, 5) is 17.5. The van der Waals surface area contributed by atoms with Crippen LogP contribution in [0, 0.1) is 0 Å². The Morgan fingerprint density at radius 2 is 2.13 bits per heavy atom. The number of nitrogens with zero attached hydrogens (tertiary/aromatic N) is 1. The Bertz CT molecular complexity index is 729. The van der Waals surface area contributed by atoms with E-state index in [9.17, 15) is 4.79 Å². The Balaban J connectivity index is 1.63. The van der Waals surface area contributed by atoms with Gasteiger partial charge in [-0.3, -0.25) is 0 Å². The molecule has 1 spiro atoms. The highest BCUT2D eigenvalue weighted by molar-refractivity contribution is 5.85. The number of quaternary nitrogens is 1. The molecular formula is C18H24N3O2+. The minimum absolute atomic E-state index is 0.0929. The average molecular weight is 314 g/mol. The van der Waals surface area contributed by atoms with Crippen LogP contribution in [-0.4, -0.2) is 42.2 Å². The minimum atomic E-state index is -0.171. The zero-order valence-corrected chi connectivity index (χ0v) is 13.6. The molecule has 0 atom stereocenters. The second kappa shape index (κ2) is 5.57. The number of para-hydroxylation sites is 1. The van der Waals surface area contributed by atoms with Gasteiger partial charge in [-0.1, -0.05) is 18.2 Å². The maximum absolute atomic E-state index is 11.9. The molecule has 0 bridgehead atoms. The van der Waals surface area contributed by atoms with Crippen LogP contribution in [0.2, 0.25) is 0 Å². The van der Waals surface area contributed by atoms with Crippen molar-refractivity contribution >= 4 is 17.0 Å². The first kappa shape index (κ1) is 14.6. The number of carbonyl (C=O) groups is 1. The number of rotatable bonds is 1. The van der Waals surface area contributed by atoms with Gasteiger partial charge < -0.3 is 19.9 Å². The zero-order chi connectivity index (χ0) is 15.9. The molecular weight excluding hydrogens is 290 g/mol. The van der Waals surface area contributed by atoms with Gasteiger partial charge in [0, 0.05) is 43.3 Å². The minimum Gasteiger partial charge on any atom is -0.450 e. The number of amides is 1. The first-order chi connectivity index (χ1) is 11.2. The second-order valence-electron chi connectivity index (χ2n) is 6.61. The fourth-order valence-electron chi connectivity index (χ4n) is 4.24. The van der Waals surface area contributed by atoms with Crippen molar-refractivity contribution in [2.24, 2.45) is 0 Å². The van der Waals surface area contributed by atoms with Gasteiger partial charge in [-0.05, 0) is 18.6 Å². The molecule has 2 aromatic rings. The molecule has 0 radical (unpaired) electrons. The van der Waals surface area contributed by atoms with Crippen LogP contribution in [0.5, 0.6) is 0 Å². The summed E-state index contributed by atoms with van der Waals surface area (Å²) >= 11 is 0. The molecule has 2 aliphatic rings. The highest BCUT2D eigenvalue weighted by Gasteiger charge is 2.45. The molecule has 5 heteroatoms. The van der Waals surface area contributed by atoms with Crippen molar-refractivity contribution in [3.8, 4) is 0 Å². The summed E-state index contributed by atoms with van der Waals surface area (Å²) in [6.45, 7) is 4.95. The van der Waals surface area contributed by atoms with Crippen LogP contribution in [0.4, 0.5) is 4.79 Å². The Morgan fingerprint density at radius 1 is 1.35 bits per heavy atom. The van der Waals surface area contributed by atoms with Gasteiger partial charge in [0.2, 0.25) is 0 Å². The number of fused-ring (bicyclic) bond motifs is 4. The largest absolute Gasteiger partial charge is 0.450 e. The van der Waals surface area contributed by atoms with Crippen molar-refractivity contribution in [3.63, 3.8) is 0 Å². The quantitative estimate of drug-likeness (QED) is 0.842. The number of H-pyrrole nitrogens is 1. The summed E-state index contributed by atoms with van der Waals surface area (Å²) in [6, 6.07) is 8.58. The Morgan fingerprint density at radius 3 is 2.91 bits per heavy atom. The maximum Gasteiger partial charge on any atom is 0.409 e. The zero-order valence-electron chi connectivity index (χ0n) is 13.6. The summed E-state index contributed by atoms with van der Waals surface area (Å²) in [7, 11) is 0. The van der Waals surface area contributed by atoms with E-state index >= 15 is 0 Å². The van der Waals surface area contributed by atoms with E-state index in [1.165, 1.54) is 22.2 Å². The van der Waals surface area contributed by atoms with Crippen molar-refractivity contribution in [2.75, 3.05) is 26.2 Å². The number of aromatic amines is 1. The number of aromatic nitrogens is 1. The molecule has 0 unspecified atom stereocenters. The lowest BCUT2D eigenvalue weighted by Crippen LogP contribution is -2.97. The Labute approximate surface area is 136 Å². The van der Waals surface area contributed by atoms with Gasteiger partial charge in [0.05, 0.1) is 18.8 Å². The van der Waals surface area contributed by atoms with Gasteiger partial charge in [-0.2, -0.15) is 0 Å². The molecule has 1 saturated heterocycles. The molecule has 4 rings (SSSR count). The fourth-order valence-corrected chi connectivity index (χ4v) is 4.24. The number of piperidine rings is 1. The van der Waals surface area contributed by atoms with E-state index in [2.05, 4.69) is 34.6 Å². The first-order valence-corrected chi connectivity index (χ1v) is 8.60. The number of nitrogens with two attached hydrogens (primary N) is 1. The number of hydrogen-bond acceptors (Lipinski definition) is 2. The van der Waals surface area contributed by atoms with Crippen LogP contribution in [0.3, 0.4) is 0 Å². The number of benzene rings is 1. The maximum atomic E-state index is 11.9. The lowest BCUT2D eigenvalue weighted by Gasteiger charge is -2.41. The fraction of sp³-hybridized carbons (Fsp3) is 0.500. The third-order valence-electron chi connectivity index (χ3n) is 5.42. The molecule has 1 aromatic carbocycles. The lowest BCUT2D eigenvalue weighted by atomic mass is 9.79. The van der Waals surface area contributed by atoms with E-state index in [0.29, 0.717) is 6.61 Å². The van der Waals surface area contributed by atoms with Crippen LogP contribution in [0.25, 0.3) is 10.9 Å². The molecule has 0 aliphatic carbocycles. The molecule has 0 saturated carbocycles. The number of ether oxygens (including phenoxy) is 1. The van der Waals surface area contributed by atoms with E-state index in [1.807, 2.05) is 11.8 Å². The smallest absolute Gasteiger partial charge is 0.409 e. The molecule has 2 aliphatic heterocycles. The van der Waals surface area contributed by atoms with E-state index < -0.39 is 0 Å². The molecule has 1 aromatic heterocycles. The number of carbonyl (C=O) groups excluding carboxylic acids is 1. The van der Waals surface area contributed by atoms with Gasteiger partial charge in [-0.25, -0.2) is 4.79 Å². The van der Waals surface area contributed by atoms with E-state index in [0.717, 1.165) is 38.9 Å². The second-order valence-corrected chi connectivity index (χ2v) is 6.61. The van der Waals surface area contributed by atoms with Crippen LogP contribution < -0.4 is 5.32 Å². The Hall–Kier alpha value is -2.01. The lowest BCUT2D eigenvalue weighted by molar-refractivity contribution is -0.743. The molecule has 5 nitrogen and oxygen atoms in total. The molecule has 1 amide bonds. The van der Waals surface area contributed by atoms with Crippen LogP contribution in [-0.2, 0) is 16.7 Å². The summed E-state index contributed by atoms with van der Waals surface area (Å²) in [5.74, 6) is 0. The number of nitrogens with one attached hydrogen (secondary N) is 1. The van der Waals surface area contributed by atoms with Gasteiger partial charge in [0.1, 0.15) is 5.54 Å². The van der Waals surface area contributed by atoms with Gasteiger partial charge in [0.25, 0.3) is 0 Å². The molecule has 1 fully saturated rings. The monoisotopic (exact) mass is 314 g/mol. The molecule has 3 heterocycles. The SMILES string of the molecule is CCOC(=O)N1CCC2(CC1)[NH2+]CCc1c2[nH]c2ccccc12. The highest BCUT2D eigenvalue weighted by atomic mass is 16.6. The summed E-state index contributed by atoms with van der Waals surface area (Å²) < 4.78 is 5.14. The van der Waals surface area contributed by atoms with Gasteiger partial charge in [0.15, 0.2) is 0 Å². The first-order valence-electron chi connectivity index (χ1n) is 8.60. The van der Waals surface area contributed by atoms with Crippen molar-refractivity contribution in [2.45, 2.75) is 31.7 Å². The van der Waals surface area contributed by atoms with Crippen LogP contribution >= 0.6 is 0 Å². The molecule has 23 heavy (non-hydrogen) atoms. The van der Waals surface area contributed by atoms with Gasteiger partial charge >= 0.3 is 6.09 Å². The van der Waals surface area contributed by atoms with Crippen LogP contribution in [0.15, 0.2) is 24.3 Å². The Kier molecular flexibility index (Phi) is 3.53. The van der Waals surface area contributed by atoms with Crippen molar-refractivity contribution in [1.29, 1.82) is 0 Å². The van der Waals surface area contributed by atoms with E-state index in [1.54, 1.807) is 0 Å². The van der Waals surface area contributed by atoms with Crippen molar-refractivity contribution < 1.29 is 14.8 Å². The predicted molar refractivity (Wildman–Crippen MR) is 88.3 cm³/mol. The standard InChI is InChI=1S/C18H23N3O2/c1-2-23-17(22)21-11-8-18(9-12-21)16-14(7-10-19-18)13-5-3-4-6-15(13)20-16/h3-6,19-20H,2,7-12H2,1H3/p+1. The summed E-state index contributed by atoms with van der Waals surface area (Å²) in [6.07, 6.45) is 2.90. The van der Waals surface area contributed by atoms with E-state index in [4.69, 9.17) is 4.74 Å². The van der Waals surface area contributed by atoms with E-state index in [-0.39, 0.29) is 11.6 Å². The van der Waals surface area contributed by atoms with Crippen molar-refractivity contribution in [1.82, 2.24) is 9.88 Å². The average Bonchev–Trinajstić information content (AvgIpc) is 2.96. The number of likely N-dealkylation sites (tertiary alicyclic amines) is 1.